The molecule has 0 aromatic heterocycles. The summed E-state index contributed by atoms with van der Waals surface area (Å²) in [5.41, 5.74) is 0.729. The van der Waals surface area contributed by atoms with Gasteiger partial charge in [-0.2, -0.15) is 0 Å². The van der Waals surface area contributed by atoms with Crippen molar-refractivity contribution in [2.24, 2.45) is 0 Å². The Hall–Kier alpha value is -2.21. The number of hydrogen-bond acceptors (Lipinski definition) is 4. The second kappa shape index (κ2) is 6.99. The summed E-state index contributed by atoms with van der Waals surface area (Å²) in [6.45, 7) is 0. The van der Waals surface area contributed by atoms with E-state index in [0.29, 0.717) is 16.4 Å². The Morgan fingerprint density at radius 3 is 2.05 bits per heavy atom. The van der Waals surface area contributed by atoms with E-state index in [4.69, 9.17) is 14.2 Å². The highest BCUT2D eigenvalue weighted by molar-refractivity contribution is 7.86. The quantitative estimate of drug-likeness (QED) is 0.891. The lowest BCUT2D eigenvalue weighted by atomic mass is 10.3. The van der Waals surface area contributed by atoms with Gasteiger partial charge in [-0.3, -0.25) is 0 Å². The normalized spacial score (nSPS) is 11.6. The van der Waals surface area contributed by atoms with Gasteiger partial charge in [0.05, 0.1) is 21.3 Å². The van der Waals surface area contributed by atoms with Gasteiger partial charge >= 0.3 is 0 Å². The third kappa shape index (κ3) is 3.66. The lowest BCUT2D eigenvalue weighted by molar-refractivity contribution is 0.387. The zero-order valence-corrected chi connectivity index (χ0v) is 12.9. The molecule has 112 valence electrons. The molecule has 0 fully saturated rings. The summed E-state index contributed by atoms with van der Waals surface area (Å²) in [5, 5.41) is 0. The fourth-order valence-electron chi connectivity index (χ4n) is 1.75. The minimum atomic E-state index is -1.44. The van der Waals surface area contributed by atoms with Crippen molar-refractivity contribution in [2.75, 3.05) is 26.1 Å². The van der Waals surface area contributed by atoms with Gasteiger partial charge in [0, 0.05) is 11.8 Å². The molecule has 0 amide bonds. The van der Waals surface area contributed by atoms with Crippen LogP contribution < -0.4 is 18.9 Å². The van der Waals surface area contributed by atoms with Gasteiger partial charge in [0.15, 0.2) is 11.0 Å². The molecule has 0 aliphatic carbocycles. The highest BCUT2D eigenvalue weighted by atomic mass is 32.2. The van der Waals surface area contributed by atoms with Crippen molar-refractivity contribution in [3.05, 3.63) is 42.5 Å². The summed E-state index contributed by atoms with van der Waals surface area (Å²) in [7, 11) is 3.27. The minimum absolute atomic E-state index is 0.508. The molecule has 6 heteroatoms. The molecule has 0 bridgehead atoms. The van der Waals surface area contributed by atoms with Crippen molar-refractivity contribution in [3.63, 3.8) is 0 Å². The van der Waals surface area contributed by atoms with E-state index in [1.807, 2.05) is 0 Å². The summed E-state index contributed by atoms with van der Waals surface area (Å²) < 4.78 is 30.8. The highest BCUT2D eigenvalue weighted by Gasteiger charge is 2.12. The molecular formula is C15H17NO4S. The third-order valence-corrected chi connectivity index (χ3v) is 4.03. The molecule has 0 unspecified atom stereocenters. The SMILES string of the molecule is COc1ccc(N[S@@](=O)c2ccc(OC)cc2OC)cc1. The van der Waals surface area contributed by atoms with Crippen LogP contribution in [0.15, 0.2) is 47.4 Å². The number of nitrogens with one attached hydrogen (secondary N) is 1. The maximum atomic E-state index is 12.4. The molecule has 0 saturated carbocycles. The first-order valence-electron chi connectivity index (χ1n) is 6.22. The number of hydrogen-bond donors (Lipinski definition) is 1. The monoisotopic (exact) mass is 307 g/mol. The second-order valence-corrected chi connectivity index (χ2v) is 5.30. The maximum absolute atomic E-state index is 12.4. The first kappa shape index (κ1) is 15.2. The number of benzene rings is 2. The zero-order chi connectivity index (χ0) is 15.2. The van der Waals surface area contributed by atoms with Crippen LogP contribution in [0.25, 0.3) is 0 Å². The molecule has 2 rings (SSSR count). The molecule has 5 nitrogen and oxygen atoms in total. The third-order valence-electron chi connectivity index (χ3n) is 2.87. The molecular weight excluding hydrogens is 290 g/mol. The average Bonchev–Trinajstić information content (AvgIpc) is 2.54. The standard InChI is InChI=1S/C15H17NO4S/c1-18-12-6-4-11(5-7-12)16-21(17)15-9-8-13(19-2)10-14(15)20-3/h4-10,16H,1-3H3/t21-/m0/s1. The average molecular weight is 307 g/mol. The smallest absolute Gasteiger partial charge is 0.154 e. The van der Waals surface area contributed by atoms with Crippen LogP contribution in [0.2, 0.25) is 0 Å². The van der Waals surface area contributed by atoms with Crippen molar-refractivity contribution < 1.29 is 18.4 Å². The van der Waals surface area contributed by atoms with Crippen molar-refractivity contribution in [2.45, 2.75) is 4.90 Å². The molecule has 0 radical (unpaired) electrons. The predicted molar refractivity (Wildman–Crippen MR) is 82.6 cm³/mol. The zero-order valence-electron chi connectivity index (χ0n) is 12.1. The Morgan fingerprint density at radius 1 is 0.857 bits per heavy atom. The Balaban J connectivity index is 2.19. The van der Waals surface area contributed by atoms with Gasteiger partial charge in [0.2, 0.25) is 0 Å². The van der Waals surface area contributed by atoms with E-state index in [1.54, 1.807) is 56.7 Å². The van der Waals surface area contributed by atoms with Crippen LogP contribution in [-0.2, 0) is 11.0 Å². The van der Waals surface area contributed by atoms with E-state index in [0.717, 1.165) is 11.4 Å². The van der Waals surface area contributed by atoms with Crippen LogP contribution >= 0.6 is 0 Å². The maximum Gasteiger partial charge on any atom is 0.154 e. The summed E-state index contributed by atoms with van der Waals surface area (Å²) >= 11 is 0. The van der Waals surface area contributed by atoms with Gasteiger partial charge in [-0.25, -0.2) is 4.21 Å². The van der Waals surface area contributed by atoms with Crippen molar-refractivity contribution in [3.8, 4) is 17.2 Å². The van der Waals surface area contributed by atoms with Gasteiger partial charge < -0.3 is 18.9 Å². The molecule has 0 heterocycles. The molecule has 2 aromatic rings. The molecule has 0 saturated heterocycles. The number of ether oxygens (including phenoxy) is 3. The Morgan fingerprint density at radius 2 is 1.48 bits per heavy atom. The Bertz CT molecular complexity index is 628. The molecule has 0 spiro atoms. The molecule has 0 aliphatic heterocycles. The van der Waals surface area contributed by atoms with Crippen molar-refractivity contribution in [1.82, 2.24) is 0 Å². The fourth-order valence-corrected chi connectivity index (χ4v) is 2.73. The Labute approximate surface area is 126 Å². The molecule has 1 atom stereocenters. The van der Waals surface area contributed by atoms with Crippen LogP contribution in [0.3, 0.4) is 0 Å². The topological polar surface area (TPSA) is 56.8 Å². The summed E-state index contributed by atoms with van der Waals surface area (Å²) in [6.07, 6.45) is 0. The summed E-state index contributed by atoms with van der Waals surface area (Å²) in [4.78, 5) is 0.550. The van der Waals surface area contributed by atoms with Gasteiger partial charge in [0.1, 0.15) is 22.1 Å². The summed E-state index contributed by atoms with van der Waals surface area (Å²) in [5.74, 6) is 1.90. The van der Waals surface area contributed by atoms with Gasteiger partial charge in [-0.1, -0.05) is 0 Å². The van der Waals surface area contributed by atoms with E-state index in [1.165, 1.54) is 7.11 Å². The van der Waals surface area contributed by atoms with Crippen molar-refractivity contribution >= 4 is 16.7 Å². The van der Waals surface area contributed by atoms with Crippen molar-refractivity contribution in [1.29, 1.82) is 0 Å². The highest BCUT2D eigenvalue weighted by Crippen LogP contribution is 2.28. The van der Waals surface area contributed by atoms with E-state index < -0.39 is 11.0 Å². The van der Waals surface area contributed by atoms with E-state index in [-0.39, 0.29) is 0 Å². The minimum Gasteiger partial charge on any atom is -0.497 e. The van der Waals surface area contributed by atoms with E-state index in [2.05, 4.69) is 4.72 Å². The lowest BCUT2D eigenvalue weighted by Crippen LogP contribution is -2.06. The molecule has 1 N–H and O–H groups in total. The Kier molecular flexibility index (Phi) is 5.05. The predicted octanol–water partition coefficient (Wildman–Crippen LogP) is 2.85. The van der Waals surface area contributed by atoms with Crippen LogP contribution in [0, 0.1) is 0 Å². The first-order chi connectivity index (χ1) is 10.2. The molecule has 21 heavy (non-hydrogen) atoms. The van der Waals surface area contributed by atoms with Crippen LogP contribution in [-0.4, -0.2) is 25.5 Å². The fraction of sp³-hybridized carbons (Fsp3) is 0.200. The first-order valence-corrected chi connectivity index (χ1v) is 7.37. The second-order valence-electron chi connectivity index (χ2n) is 4.12. The van der Waals surface area contributed by atoms with Gasteiger partial charge in [0.25, 0.3) is 0 Å². The number of anilines is 1. The van der Waals surface area contributed by atoms with Crippen LogP contribution in [0.5, 0.6) is 17.2 Å². The lowest BCUT2D eigenvalue weighted by Gasteiger charge is -2.11. The largest absolute Gasteiger partial charge is 0.497 e. The molecule has 2 aromatic carbocycles. The van der Waals surface area contributed by atoms with Crippen LogP contribution in [0.4, 0.5) is 5.69 Å². The summed E-state index contributed by atoms with van der Waals surface area (Å²) in [6, 6.07) is 12.3. The van der Waals surface area contributed by atoms with Gasteiger partial charge in [-0.15, -0.1) is 0 Å². The van der Waals surface area contributed by atoms with E-state index in [9.17, 15) is 4.21 Å². The van der Waals surface area contributed by atoms with Gasteiger partial charge in [-0.05, 0) is 36.4 Å². The van der Waals surface area contributed by atoms with Crippen LogP contribution in [0.1, 0.15) is 0 Å². The number of methoxy groups -OCH3 is 3. The van der Waals surface area contributed by atoms with E-state index >= 15 is 0 Å². The number of rotatable bonds is 6. The molecule has 0 aliphatic rings.